The summed E-state index contributed by atoms with van der Waals surface area (Å²) in [6, 6.07) is 9.30. The third-order valence-corrected chi connectivity index (χ3v) is 10.9. The second kappa shape index (κ2) is 35.0. The van der Waals surface area contributed by atoms with Crippen LogP contribution in [-0.4, -0.2) is 13.2 Å². The number of hydrogen-bond acceptors (Lipinski definition) is 4. The van der Waals surface area contributed by atoms with Crippen molar-refractivity contribution < 1.29 is 18.1 Å². The molecular formula is C42H79O4P. The molecule has 1 rings (SSSR count). The predicted octanol–water partition coefficient (Wildman–Crippen LogP) is 15.7. The van der Waals surface area contributed by atoms with Crippen LogP contribution in [0, 0.1) is 0 Å². The fourth-order valence-electron chi connectivity index (χ4n) is 6.35. The van der Waals surface area contributed by atoms with E-state index in [2.05, 4.69) is 13.8 Å². The summed E-state index contributed by atoms with van der Waals surface area (Å²) < 4.78 is 30.8. The van der Waals surface area contributed by atoms with Gasteiger partial charge in [-0.05, 0) is 25.0 Å². The van der Waals surface area contributed by atoms with Crippen LogP contribution in [0.15, 0.2) is 30.3 Å². The third kappa shape index (κ3) is 30.9. The highest BCUT2D eigenvalue weighted by molar-refractivity contribution is 7.48. The summed E-state index contributed by atoms with van der Waals surface area (Å²) in [6.07, 6.45) is 42.6. The lowest BCUT2D eigenvalue weighted by Gasteiger charge is -2.18. The van der Waals surface area contributed by atoms with E-state index in [-0.39, 0.29) is 0 Å². The van der Waals surface area contributed by atoms with Crippen LogP contribution in [0.25, 0.3) is 0 Å². The van der Waals surface area contributed by atoms with Crippen molar-refractivity contribution >= 4 is 7.82 Å². The first kappa shape index (κ1) is 44.2. The van der Waals surface area contributed by atoms with E-state index in [9.17, 15) is 4.57 Å². The molecule has 276 valence electrons. The summed E-state index contributed by atoms with van der Waals surface area (Å²) >= 11 is 0. The average molecular weight is 679 g/mol. The van der Waals surface area contributed by atoms with Gasteiger partial charge < -0.3 is 4.52 Å². The van der Waals surface area contributed by atoms with Crippen LogP contribution in [0.2, 0.25) is 0 Å². The predicted molar refractivity (Wildman–Crippen MR) is 206 cm³/mol. The first-order valence-electron chi connectivity index (χ1n) is 20.8. The summed E-state index contributed by atoms with van der Waals surface area (Å²) in [6.45, 7) is 5.41. The number of benzene rings is 1. The molecule has 0 radical (unpaired) electrons. The molecule has 0 heterocycles. The minimum absolute atomic E-state index is 0.418. The number of para-hydroxylation sites is 1. The molecule has 0 bridgehead atoms. The van der Waals surface area contributed by atoms with Gasteiger partial charge in [0.25, 0.3) is 0 Å². The van der Waals surface area contributed by atoms with Crippen LogP contribution in [0.3, 0.4) is 0 Å². The Morgan fingerprint density at radius 2 is 0.638 bits per heavy atom. The molecule has 0 N–H and O–H groups in total. The van der Waals surface area contributed by atoms with Gasteiger partial charge in [0.05, 0.1) is 13.2 Å². The van der Waals surface area contributed by atoms with E-state index in [1.165, 1.54) is 180 Å². The molecule has 5 heteroatoms. The van der Waals surface area contributed by atoms with Crippen molar-refractivity contribution in [1.82, 2.24) is 0 Å². The van der Waals surface area contributed by atoms with E-state index < -0.39 is 7.82 Å². The van der Waals surface area contributed by atoms with Gasteiger partial charge in [0, 0.05) is 0 Å². The van der Waals surface area contributed by atoms with Gasteiger partial charge in [-0.25, -0.2) is 4.57 Å². The van der Waals surface area contributed by atoms with E-state index in [4.69, 9.17) is 13.6 Å². The van der Waals surface area contributed by atoms with Crippen LogP contribution >= 0.6 is 7.82 Å². The van der Waals surface area contributed by atoms with Crippen LogP contribution in [0.1, 0.15) is 219 Å². The van der Waals surface area contributed by atoms with Crippen molar-refractivity contribution in [2.24, 2.45) is 0 Å². The van der Waals surface area contributed by atoms with Gasteiger partial charge in [0.2, 0.25) is 0 Å². The Morgan fingerprint density at radius 1 is 0.383 bits per heavy atom. The largest absolute Gasteiger partial charge is 0.530 e. The summed E-state index contributed by atoms with van der Waals surface area (Å²) in [5.74, 6) is 0.537. The maximum atomic E-state index is 13.4. The van der Waals surface area contributed by atoms with Crippen molar-refractivity contribution in [2.45, 2.75) is 219 Å². The molecule has 0 atom stereocenters. The molecule has 0 fully saturated rings. The molecular weight excluding hydrogens is 599 g/mol. The molecule has 0 aromatic heterocycles. The van der Waals surface area contributed by atoms with Crippen molar-refractivity contribution in [3.63, 3.8) is 0 Å². The molecule has 0 unspecified atom stereocenters. The first-order valence-corrected chi connectivity index (χ1v) is 22.3. The molecule has 0 saturated heterocycles. The first-order chi connectivity index (χ1) is 23.2. The number of phosphoric ester groups is 1. The molecule has 47 heavy (non-hydrogen) atoms. The second-order valence-electron chi connectivity index (χ2n) is 14.1. The molecule has 0 saturated carbocycles. The molecule has 1 aromatic carbocycles. The second-order valence-corrected chi connectivity index (χ2v) is 15.7. The number of rotatable bonds is 38. The fraction of sp³-hybridized carbons (Fsp3) is 0.857. The van der Waals surface area contributed by atoms with Gasteiger partial charge in [-0.1, -0.05) is 225 Å². The molecule has 4 nitrogen and oxygen atoms in total. The van der Waals surface area contributed by atoms with E-state index in [0.29, 0.717) is 19.0 Å². The number of unbranched alkanes of at least 4 members (excludes halogenated alkanes) is 30. The van der Waals surface area contributed by atoms with Gasteiger partial charge in [0.15, 0.2) is 0 Å². The zero-order chi connectivity index (χ0) is 33.8. The lowest BCUT2D eigenvalue weighted by atomic mass is 10.0. The van der Waals surface area contributed by atoms with Crippen LogP contribution in [-0.2, 0) is 13.6 Å². The van der Waals surface area contributed by atoms with Gasteiger partial charge in [0.1, 0.15) is 5.75 Å². The van der Waals surface area contributed by atoms with Crippen molar-refractivity contribution in [3.8, 4) is 5.75 Å². The Kier molecular flexibility index (Phi) is 32.9. The standard InChI is InChI=1S/C42H79O4P/c1-3-5-7-9-11-13-15-17-19-21-23-25-27-29-31-36-40-44-47(43,46-42-38-34-33-35-39-42)45-41-37-32-30-28-26-24-22-20-18-16-14-12-10-8-6-4-2/h33-35,38-39H,3-32,36-37,40-41H2,1-2H3. The monoisotopic (exact) mass is 679 g/mol. The van der Waals surface area contributed by atoms with Crippen molar-refractivity contribution in [3.05, 3.63) is 30.3 Å². The zero-order valence-corrected chi connectivity index (χ0v) is 32.4. The fourth-order valence-corrected chi connectivity index (χ4v) is 7.62. The Hall–Kier alpha value is -0.830. The van der Waals surface area contributed by atoms with Crippen molar-refractivity contribution in [1.29, 1.82) is 0 Å². The maximum absolute atomic E-state index is 13.4. The topological polar surface area (TPSA) is 44.8 Å². The van der Waals surface area contributed by atoms with E-state index in [1.54, 1.807) is 0 Å². The van der Waals surface area contributed by atoms with E-state index in [0.717, 1.165) is 25.7 Å². The zero-order valence-electron chi connectivity index (χ0n) is 31.5. The van der Waals surface area contributed by atoms with Crippen LogP contribution in [0.5, 0.6) is 5.75 Å². The van der Waals surface area contributed by atoms with Gasteiger partial charge in [-0.2, -0.15) is 0 Å². The molecule has 0 aliphatic heterocycles. The molecule has 1 aromatic rings. The van der Waals surface area contributed by atoms with Gasteiger partial charge in [-0.15, -0.1) is 0 Å². The Labute approximate surface area is 293 Å². The van der Waals surface area contributed by atoms with E-state index in [1.807, 2.05) is 30.3 Å². The average Bonchev–Trinajstić information content (AvgIpc) is 3.08. The summed E-state index contributed by atoms with van der Waals surface area (Å²) in [4.78, 5) is 0. The van der Waals surface area contributed by atoms with Gasteiger partial charge >= 0.3 is 7.82 Å². The van der Waals surface area contributed by atoms with Gasteiger partial charge in [-0.3, -0.25) is 9.05 Å². The normalized spacial score (nSPS) is 11.8. The van der Waals surface area contributed by atoms with E-state index >= 15 is 0 Å². The Balaban J connectivity index is 2.04. The van der Waals surface area contributed by atoms with Crippen molar-refractivity contribution in [2.75, 3.05) is 13.2 Å². The van der Waals surface area contributed by atoms with Crippen LogP contribution in [0.4, 0.5) is 0 Å². The smallest absolute Gasteiger partial charge is 0.404 e. The minimum Gasteiger partial charge on any atom is -0.404 e. The Morgan fingerprint density at radius 3 is 0.915 bits per heavy atom. The molecule has 0 spiro atoms. The highest BCUT2D eigenvalue weighted by atomic mass is 31.2. The highest BCUT2D eigenvalue weighted by Crippen LogP contribution is 2.49. The number of hydrogen-bond donors (Lipinski definition) is 0. The molecule has 0 aliphatic carbocycles. The maximum Gasteiger partial charge on any atom is 0.530 e. The third-order valence-electron chi connectivity index (χ3n) is 9.46. The lowest BCUT2D eigenvalue weighted by Crippen LogP contribution is -2.05. The lowest BCUT2D eigenvalue weighted by molar-refractivity contribution is 0.150. The highest BCUT2D eigenvalue weighted by Gasteiger charge is 2.28. The quantitative estimate of drug-likeness (QED) is 0.0516. The summed E-state index contributed by atoms with van der Waals surface area (Å²) in [7, 11) is -3.62. The minimum atomic E-state index is -3.62. The summed E-state index contributed by atoms with van der Waals surface area (Å²) in [5.41, 5.74) is 0. The van der Waals surface area contributed by atoms with Crippen LogP contribution < -0.4 is 4.52 Å². The summed E-state index contributed by atoms with van der Waals surface area (Å²) in [5, 5.41) is 0. The molecule has 0 amide bonds. The molecule has 0 aliphatic rings. The Bertz CT molecular complexity index is 744. The number of phosphoric acid groups is 1. The SMILES string of the molecule is CCCCCCCCCCCCCCCCCCOP(=O)(OCCCCCCCCCCCCCCCCCC)Oc1ccccc1.